The summed E-state index contributed by atoms with van der Waals surface area (Å²) >= 11 is 1.40. The number of benzene rings is 1. The number of methoxy groups -OCH3 is 1. The number of fused-ring (bicyclic) bond motifs is 1. The van der Waals surface area contributed by atoms with Crippen molar-refractivity contribution in [3.63, 3.8) is 0 Å². The molecule has 1 saturated carbocycles. The fourth-order valence-corrected chi connectivity index (χ4v) is 4.29. The first-order valence-corrected chi connectivity index (χ1v) is 8.97. The van der Waals surface area contributed by atoms with Gasteiger partial charge in [0, 0.05) is 29.7 Å². The predicted octanol–water partition coefficient (Wildman–Crippen LogP) is 3.48. The van der Waals surface area contributed by atoms with Crippen LogP contribution in [0.2, 0.25) is 0 Å². The van der Waals surface area contributed by atoms with Crippen molar-refractivity contribution in [2.24, 2.45) is 0 Å². The maximum Gasteiger partial charge on any atom is 0.263 e. The number of carbonyl (C=O) groups excluding carboxylic acids is 1. The van der Waals surface area contributed by atoms with Crippen molar-refractivity contribution < 1.29 is 9.53 Å². The van der Waals surface area contributed by atoms with Gasteiger partial charge in [-0.15, -0.1) is 11.3 Å². The van der Waals surface area contributed by atoms with Crippen molar-refractivity contribution in [3.05, 3.63) is 52.7 Å². The van der Waals surface area contributed by atoms with Crippen LogP contribution in [-0.2, 0) is 0 Å². The van der Waals surface area contributed by atoms with Gasteiger partial charge in [0.1, 0.15) is 10.6 Å². The molecule has 1 aliphatic carbocycles. The fraction of sp³-hybridized carbons (Fsp3) is 0.263. The number of thiophene rings is 1. The molecule has 2 heterocycles. The van der Waals surface area contributed by atoms with E-state index in [0.717, 1.165) is 27.8 Å². The Bertz CT molecular complexity index is 949. The van der Waals surface area contributed by atoms with Crippen molar-refractivity contribution >= 4 is 33.0 Å². The van der Waals surface area contributed by atoms with E-state index in [0.29, 0.717) is 16.5 Å². The molecule has 1 aliphatic rings. The summed E-state index contributed by atoms with van der Waals surface area (Å²) in [5.74, 6) is 1.10. The van der Waals surface area contributed by atoms with E-state index in [9.17, 15) is 4.79 Å². The number of nitrogens with zero attached hydrogens (tertiary/aromatic N) is 1. The Balaban J connectivity index is 1.50. The first kappa shape index (κ1) is 15.9. The Morgan fingerprint density at radius 1 is 1.32 bits per heavy atom. The lowest BCUT2D eigenvalue weighted by Crippen LogP contribution is -2.26. The molecule has 128 valence electrons. The van der Waals surface area contributed by atoms with Crippen molar-refractivity contribution in [1.29, 1.82) is 0 Å². The summed E-state index contributed by atoms with van der Waals surface area (Å²) in [6, 6.07) is 8.17. The van der Waals surface area contributed by atoms with Gasteiger partial charge >= 0.3 is 0 Å². The number of pyridine rings is 1. The third-order valence-corrected chi connectivity index (χ3v) is 5.82. The lowest BCUT2D eigenvalue weighted by molar-refractivity contribution is 0.0955. The van der Waals surface area contributed by atoms with Crippen LogP contribution < -0.4 is 15.8 Å². The van der Waals surface area contributed by atoms with Gasteiger partial charge in [0.15, 0.2) is 0 Å². The van der Waals surface area contributed by atoms with E-state index < -0.39 is 0 Å². The molecule has 0 aliphatic heterocycles. The van der Waals surface area contributed by atoms with Gasteiger partial charge in [0.2, 0.25) is 0 Å². The molecular weight excluding hydrogens is 334 g/mol. The minimum Gasteiger partial charge on any atom is -0.497 e. The van der Waals surface area contributed by atoms with Gasteiger partial charge < -0.3 is 15.8 Å². The molecule has 5 nitrogen and oxygen atoms in total. The number of nitrogens with two attached hydrogens (primary N) is 1. The van der Waals surface area contributed by atoms with Crippen molar-refractivity contribution in [2.75, 3.05) is 12.8 Å². The Morgan fingerprint density at radius 2 is 2.08 bits per heavy atom. The van der Waals surface area contributed by atoms with E-state index in [1.54, 1.807) is 19.5 Å². The third-order valence-electron chi connectivity index (χ3n) is 4.68. The number of nitrogens with one attached hydrogen (secondary N) is 1. The van der Waals surface area contributed by atoms with Crippen LogP contribution in [0.15, 0.2) is 36.7 Å². The predicted molar refractivity (Wildman–Crippen MR) is 100 cm³/mol. The number of hydrogen-bond donors (Lipinski definition) is 2. The zero-order chi connectivity index (χ0) is 17.6. The third kappa shape index (κ3) is 2.82. The van der Waals surface area contributed by atoms with E-state index in [-0.39, 0.29) is 11.9 Å². The van der Waals surface area contributed by atoms with Crippen LogP contribution in [-0.4, -0.2) is 24.0 Å². The van der Waals surface area contributed by atoms with E-state index >= 15 is 0 Å². The molecule has 1 amide bonds. The van der Waals surface area contributed by atoms with Crippen molar-refractivity contribution in [2.45, 2.75) is 25.3 Å². The summed E-state index contributed by atoms with van der Waals surface area (Å²) < 4.78 is 6.13. The van der Waals surface area contributed by atoms with Crippen LogP contribution in [0.5, 0.6) is 5.75 Å². The number of rotatable bonds is 4. The van der Waals surface area contributed by atoms with Crippen molar-refractivity contribution in [3.8, 4) is 5.75 Å². The van der Waals surface area contributed by atoms with E-state index in [1.165, 1.54) is 16.9 Å². The molecular formula is C19H19N3O2S. The van der Waals surface area contributed by atoms with E-state index in [1.807, 2.05) is 19.1 Å². The number of anilines is 1. The number of aromatic nitrogens is 1. The summed E-state index contributed by atoms with van der Waals surface area (Å²) in [7, 11) is 1.65. The summed E-state index contributed by atoms with van der Waals surface area (Å²) in [6.45, 7) is 1.96. The molecule has 4 rings (SSSR count). The van der Waals surface area contributed by atoms with E-state index in [2.05, 4.69) is 22.4 Å². The number of ether oxygens (including phenoxy) is 1. The van der Waals surface area contributed by atoms with Gasteiger partial charge in [0.25, 0.3) is 5.91 Å². The van der Waals surface area contributed by atoms with Gasteiger partial charge in [-0.25, -0.2) is 0 Å². The number of nitrogen functional groups attached to an aromatic ring is 1. The van der Waals surface area contributed by atoms with Crippen LogP contribution in [0.3, 0.4) is 0 Å². The van der Waals surface area contributed by atoms with Gasteiger partial charge in [-0.3, -0.25) is 9.78 Å². The maximum atomic E-state index is 12.7. The standard InChI is InChI=1S/C19H19N3O2S/c1-10-8-21-9-15-16(10)17(20)18(25-15)19(23)22-14-7-13(14)11-3-5-12(24-2)6-4-11/h3-6,8-9,13-14H,7,20H2,1-2H3,(H,22,23). The number of carbonyl (C=O) groups is 1. The number of hydrogen-bond acceptors (Lipinski definition) is 5. The summed E-state index contributed by atoms with van der Waals surface area (Å²) in [4.78, 5) is 17.4. The highest BCUT2D eigenvalue weighted by Gasteiger charge is 2.40. The minimum absolute atomic E-state index is 0.0980. The van der Waals surface area contributed by atoms with Crippen LogP contribution >= 0.6 is 11.3 Å². The maximum absolute atomic E-state index is 12.7. The smallest absolute Gasteiger partial charge is 0.263 e. The van der Waals surface area contributed by atoms with Crippen LogP contribution in [0.1, 0.15) is 33.1 Å². The average Bonchev–Trinajstić information content (AvgIpc) is 3.29. The monoisotopic (exact) mass is 353 g/mol. The molecule has 3 aromatic rings. The molecule has 6 heteroatoms. The lowest BCUT2D eigenvalue weighted by Gasteiger charge is -2.05. The Morgan fingerprint density at radius 3 is 2.76 bits per heavy atom. The molecule has 1 aromatic carbocycles. The summed E-state index contributed by atoms with van der Waals surface area (Å²) in [6.07, 6.45) is 4.48. The molecule has 2 aromatic heterocycles. The Labute approximate surface area is 149 Å². The number of amides is 1. The average molecular weight is 353 g/mol. The molecule has 0 spiro atoms. The first-order chi connectivity index (χ1) is 12.1. The quantitative estimate of drug-likeness (QED) is 0.753. The second-order valence-corrected chi connectivity index (χ2v) is 7.42. The second kappa shape index (κ2) is 6.04. The zero-order valence-corrected chi connectivity index (χ0v) is 14.9. The fourth-order valence-electron chi connectivity index (χ4n) is 3.22. The molecule has 0 saturated heterocycles. The van der Waals surface area contributed by atoms with Gasteiger partial charge in [-0.05, 0) is 36.6 Å². The van der Waals surface area contributed by atoms with Gasteiger partial charge in [0.05, 0.1) is 17.5 Å². The minimum atomic E-state index is -0.0980. The Hall–Kier alpha value is -2.60. The van der Waals surface area contributed by atoms with E-state index in [4.69, 9.17) is 10.5 Å². The lowest BCUT2D eigenvalue weighted by atomic mass is 10.1. The second-order valence-electron chi connectivity index (χ2n) is 6.37. The molecule has 2 atom stereocenters. The van der Waals surface area contributed by atoms with Gasteiger partial charge in [-0.2, -0.15) is 0 Å². The molecule has 2 unspecified atom stereocenters. The van der Waals surface area contributed by atoms with Crippen molar-refractivity contribution in [1.82, 2.24) is 10.3 Å². The largest absolute Gasteiger partial charge is 0.497 e. The SMILES string of the molecule is COc1ccc(C2CC2NC(=O)c2sc3cncc(C)c3c2N)cc1. The number of aryl methyl sites for hydroxylation is 1. The zero-order valence-electron chi connectivity index (χ0n) is 14.1. The topological polar surface area (TPSA) is 77.2 Å². The summed E-state index contributed by atoms with van der Waals surface area (Å²) in [5.41, 5.74) is 8.99. The first-order valence-electron chi connectivity index (χ1n) is 8.16. The van der Waals surface area contributed by atoms with Crippen LogP contribution in [0.4, 0.5) is 5.69 Å². The highest BCUT2D eigenvalue weighted by molar-refractivity contribution is 7.21. The molecule has 25 heavy (non-hydrogen) atoms. The molecule has 1 fully saturated rings. The highest BCUT2D eigenvalue weighted by atomic mass is 32.1. The Kier molecular flexibility index (Phi) is 3.84. The van der Waals surface area contributed by atoms with Crippen LogP contribution in [0, 0.1) is 6.92 Å². The van der Waals surface area contributed by atoms with Gasteiger partial charge in [-0.1, -0.05) is 12.1 Å². The molecule has 0 radical (unpaired) electrons. The molecule has 0 bridgehead atoms. The molecule has 3 N–H and O–H groups in total. The highest BCUT2D eigenvalue weighted by Crippen LogP contribution is 2.42. The normalized spacial score (nSPS) is 19.0. The van der Waals surface area contributed by atoms with Crippen LogP contribution in [0.25, 0.3) is 10.1 Å². The summed E-state index contributed by atoms with van der Waals surface area (Å²) in [5, 5.41) is 4.05.